The van der Waals surface area contributed by atoms with Gasteiger partial charge in [-0.15, -0.1) is 0 Å². The van der Waals surface area contributed by atoms with Crippen molar-refractivity contribution in [2.75, 3.05) is 19.5 Å². The number of benzene rings is 1. The molecule has 0 aliphatic heterocycles. The normalized spacial score (nSPS) is 10.7. The summed E-state index contributed by atoms with van der Waals surface area (Å²) in [6.07, 6.45) is 0.233. The molecule has 26 heavy (non-hydrogen) atoms. The Morgan fingerprint density at radius 2 is 1.88 bits per heavy atom. The van der Waals surface area contributed by atoms with Crippen molar-refractivity contribution in [3.8, 4) is 5.75 Å². The van der Waals surface area contributed by atoms with Crippen LogP contribution in [0.5, 0.6) is 5.75 Å². The number of aromatic nitrogens is 1. The number of methoxy groups -OCH3 is 1. The molecule has 1 aromatic carbocycles. The maximum atomic E-state index is 12.5. The first-order chi connectivity index (χ1) is 12.4. The van der Waals surface area contributed by atoms with Crippen LogP contribution >= 0.6 is 0 Å². The van der Waals surface area contributed by atoms with E-state index in [4.69, 9.17) is 9.53 Å². The molecule has 0 unspecified atom stereocenters. The van der Waals surface area contributed by atoms with Gasteiger partial charge in [0.25, 0.3) is 0 Å². The average Bonchev–Trinajstić information content (AvgIpc) is 2.65. The predicted octanol–water partition coefficient (Wildman–Crippen LogP) is 2.93. The number of ether oxygens (including phenoxy) is 1. The number of hydrogen-bond donors (Lipinski definition) is 3. The van der Waals surface area contributed by atoms with E-state index in [1.807, 2.05) is 12.1 Å². The van der Waals surface area contributed by atoms with E-state index < -0.39 is 11.7 Å². The van der Waals surface area contributed by atoms with Crippen molar-refractivity contribution < 1.29 is 22.7 Å². The molecule has 1 heterocycles. The Hall–Kier alpha value is -3.07. The third kappa shape index (κ3) is 6.10. The molecule has 6 nitrogen and oxygen atoms in total. The number of nitrogens with zero attached hydrogens (tertiary/aromatic N) is 1. The summed E-state index contributed by atoms with van der Waals surface area (Å²) in [7, 11) is 3.34. The van der Waals surface area contributed by atoms with Gasteiger partial charge in [0, 0.05) is 24.5 Å². The Kier molecular flexibility index (Phi) is 8.10. The van der Waals surface area contributed by atoms with E-state index in [9.17, 15) is 13.2 Å². The van der Waals surface area contributed by atoms with Gasteiger partial charge in [-0.25, -0.2) is 5.84 Å². The van der Waals surface area contributed by atoms with Gasteiger partial charge in [0.1, 0.15) is 5.75 Å². The SMILES string of the molecule is CNc1cccc(OC)c1/C=C/c1ccc(C(F)(F)F)cn1.NNC=O. The van der Waals surface area contributed by atoms with Crippen LogP contribution in [0, 0.1) is 0 Å². The highest BCUT2D eigenvalue weighted by molar-refractivity contribution is 5.79. The number of amides is 1. The minimum atomic E-state index is -4.38. The van der Waals surface area contributed by atoms with Crippen molar-refractivity contribution in [2.24, 2.45) is 5.84 Å². The van der Waals surface area contributed by atoms with E-state index in [1.165, 1.54) is 6.07 Å². The van der Waals surface area contributed by atoms with E-state index in [1.54, 1.807) is 37.8 Å². The Morgan fingerprint density at radius 3 is 2.35 bits per heavy atom. The molecule has 0 radical (unpaired) electrons. The zero-order chi connectivity index (χ0) is 19.6. The minimum absolute atomic E-state index is 0.403. The van der Waals surface area contributed by atoms with Crippen LogP contribution in [-0.2, 0) is 11.0 Å². The number of carbonyl (C=O) groups excluding carboxylic acids is 1. The molecule has 2 rings (SSSR count). The Labute approximate surface area is 148 Å². The van der Waals surface area contributed by atoms with Crippen LogP contribution in [0.2, 0.25) is 0 Å². The lowest BCUT2D eigenvalue weighted by Crippen LogP contribution is -2.18. The lowest BCUT2D eigenvalue weighted by atomic mass is 10.1. The second kappa shape index (κ2) is 10.0. The second-order valence-electron chi connectivity index (χ2n) is 4.76. The molecule has 4 N–H and O–H groups in total. The topological polar surface area (TPSA) is 89.3 Å². The molecule has 1 amide bonds. The fourth-order valence-electron chi connectivity index (χ4n) is 1.95. The lowest BCUT2D eigenvalue weighted by molar-refractivity contribution is -0.137. The molecule has 9 heteroatoms. The van der Waals surface area contributed by atoms with Crippen LogP contribution in [0.4, 0.5) is 18.9 Å². The molecular formula is C17H19F3N4O2. The molecule has 0 spiro atoms. The number of hydrogen-bond acceptors (Lipinski definition) is 5. The third-order valence-corrected chi connectivity index (χ3v) is 3.16. The van der Waals surface area contributed by atoms with Crippen molar-refractivity contribution in [1.82, 2.24) is 10.4 Å². The highest BCUT2D eigenvalue weighted by atomic mass is 19.4. The number of rotatable bonds is 5. The van der Waals surface area contributed by atoms with Gasteiger partial charge in [0.05, 0.1) is 18.4 Å². The molecule has 0 aliphatic carbocycles. The summed E-state index contributed by atoms with van der Waals surface area (Å²) in [5.74, 6) is 5.07. The van der Waals surface area contributed by atoms with Gasteiger partial charge in [-0.2, -0.15) is 13.2 Å². The Bertz CT molecular complexity index is 710. The van der Waals surface area contributed by atoms with Crippen LogP contribution < -0.4 is 21.3 Å². The van der Waals surface area contributed by atoms with Crippen LogP contribution in [0.1, 0.15) is 16.8 Å². The summed E-state index contributed by atoms with van der Waals surface area (Å²) < 4.78 is 42.7. The van der Waals surface area contributed by atoms with Gasteiger partial charge >= 0.3 is 6.18 Å². The van der Waals surface area contributed by atoms with Crippen molar-refractivity contribution in [3.63, 3.8) is 0 Å². The molecule has 0 aliphatic rings. The lowest BCUT2D eigenvalue weighted by Gasteiger charge is -2.10. The van der Waals surface area contributed by atoms with Crippen molar-refractivity contribution >= 4 is 24.2 Å². The van der Waals surface area contributed by atoms with Gasteiger partial charge in [-0.1, -0.05) is 6.07 Å². The summed E-state index contributed by atoms with van der Waals surface area (Å²) in [6, 6.07) is 7.86. The largest absolute Gasteiger partial charge is 0.496 e. The minimum Gasteiger partial charge on any atom is -0.496 e. The molecule has 140 valence electrons. The van der Waals surface area contributed by atoms with Gasteiger partial charge in [0.15, 0.2) is 0 Å². The second-order valence-corrected chi connectivity index (χ2v) is 4.76. The monoisotopic (exact) mass is 368 g/mol. The van der Waals surface area contributed by atoms with E-state index >= 15 is 0 Å². The molecule has 1 aromatic heterocycles. The molecule has 0 atom stereocenters. The number of pyridine rings is 1. The first-order valence-electron chi connectivity index (χ1n) is 7.33. The first-order valence-corrected chi connectivity index (χ1v) is 7.33. The molecule has 0 bridgehead atoms. The van der Waals surface area contributed by atoms with Crippen molar-refractivity contribution in [3.05, 3.63) is 53.3 Å². The number of hydrazine groups is 1. The molecule has 0 saturated heterocycles. The molecular weight excluding hydrogens is 349 g/mol. The quantitative estimate of drug-likeness (QED) is 0.327. The maximum absolute atomic E-state index is 12.5. The third-order valence-electron chi connectivity index (χ3n) is 3.16. The molecule has 0 fully saturated rings. The van der Waals surface area contributed by atoms with Gasteiger partial charge in [-0.05, 0) is 36.4 Å². The Balaban J connectivity index is 0.000000765. The van der Waals surface area contributed by atoms with E-state index in [0.29, 0.717) is 17.9 Å². The van der Waals surface area contributed by atoms with E-state index in [2.05, 4.69) is 16.1 Å². The molecule has 2 aromatic rings. The van der Waals surface area contributed by atoms with Crippen LogP contribution in [-0.4, -0.2) is 25.6 Å². The maximum Gasteiger partial charge on any atom is 0.417 e. The van der Waals surface area contributed by atoms with Crippen LogP contribution in [0.3, 0.4) is 0 Å². The van der Waals surface area contributed by atoms with Gasteiger partial charge < -0.3 is 10.1 Å². The highest BCUT2D eigenvalue weighted by Gasteiger charge is 2.30. The molecule has 0 saturated carbocycles. The summed E-state index contributed by atoms with van der Waals surface area (Å²) >= 11 is 0. The van der Waals surface area contributed by atoms with Gasteiger partial charge in [0.2, 0.25) is 6.41 Å². The van der Waals surface area contributed by atoms with Gasteiger partial charge in [-0.3, -0.25) is 15.2 Å². The number of halogens is 3. The summed E-state index contributed by atoms with van der Waals surface area (Å²) in [4.78, 5) is 12.7. The highest BCUT2D eigenvalue weighted by Crippen LogP contribution is 2.30. The number of nitrogens with one attached hydrogen (secondary N) is 2. The van der Waals surface area contributed by atoms with E-state index in [0.717, 1.165) is 23.5 Å². The fraction of sp³-hybridized carbons (Fsp3) is 0.176. The smallest absolute Gasteiger partial charge is 0.417 e. The summed E-state index contributed by atoms with van der Waals surface area (Å²) in [5, 5.41) is 3.04. The number of carbonyl (C=O) groups is 1. The number of nitrogens with two attached hydrogens (primary N) is 1. The van der Waals surface area contributed by atoms with Crippen LogP contribution in [0.15, 0.2) is 36.5 Å². The van der Waals surface area contributed by atoms with Crippen molar-refractivity contribution in [2.45, 2.75) is 6.18 Å². The summed E-state index contributed by atoms with van der Waals surface area (Å²) in [5.41, 5.74) is 3.07. The predicted molar refractivity (Wildman–Crippen MR) is 94.1 cm³/mol. The summed E-state index contributed by atoms with van der Waals surface area (Å²) in [6.45, 7) is 0. The zero-order valence-corrected chi connectivity index (χ0v) is 14.2. The zero-order valence-electron chi connectivity index (χ0n) is 14.2. The standard InChI is InChI=1S/C16H15F3N2O.CH4N2O/c1-20-14-4-3-5-15(22-2)13(14)9-8-12-7-6-11(10-21-12)16(17,18)19;2-3-1-4/h3-10,20H,1-2H3;1H,2H2,(H,3,4)/b9-8+;. The van der Waals surface area contributed by atoms with Crippen molar-refractivity contribution in [1.29, 1.82) is 0 Å². The number of alkyl halides is 3. The first kappa shape index (κ1) is 21.0. The van der Waals surface area contributed by atoms with Crippen LogP contribution in [0.25, 0.3) is 12.2 Å². The fourth-order valence-corrected chi connectivity index (χ4v) is 1.95. The Morgan fingerprint density at radius 1 is 1.19 bits per heavy atom. The average molecular weight is 368 g/mol. The number of anilines is 1. The van der Waals surface area contributed by atoms with E-state index in [-0.39, 0.29) is 0 Å².